The Morgan fingerprint density at radius 2 is 2.00 bits per heavy atom. The van der Waals surface area contributed by atoms with Gasteiger partial charge in [0.05, 0.1) is 7.11 Å². The van der Waals surface area contributed by atoms with Crippen LogP contribution in [0.5, 0.6) is 0 Å². The van der Waals surface area contributed by atoms with Crippen molar-refractivity contribution in [1.82, 2.24) is 15.3 Å². The molecule has 1 aromatic heterocycles. The van der Waals surface area contributed by atoms with Crippen LogP contribution in [0.25, 0.3) is 0 Å². The number of esters is 1. The molecule has 0 unspecified atom stereocenters. The van der Waals surface area contributed by atoms with Gasteiger partial charge in [-0.2, -0.15) is 0 Å². The number of hydrogen-bond donors (Lipinski definition) is 4. The second-order valence-electron chi connectivity index (χ2n) is 3.98. The molecule has 4 N–H and O–H groups in total. The minimum Gasteiger partial charge on any atom is -0.480 e. The quantitative estimate of drug-likeness (QED) is 0.451. The third-order valence-electron chi connectivity index (χ3n) is 2.47. The van der Waals surface area contributed by atoms with Gasteiger partial charge in [-0.15, -0.1) is 0 Å². The first kappa shape index (κ1) is 16.1. The fourth-order valence-corrected chi connectivity index (χ4v) is 1.45. The number of amides is 1. The molecule has 10 nitrogen and oxygen atoms in total. The highest BCUT2D eigenvalue weighted by Gasteiger charge is 2.22. The summed E-state index contributed by atoms with van der Waals surface area (Å²) in [5, 5.41) is 11.1. The predicted molar refractivity (Wildman–Crippen MR) is 67.8 cm³/mol. The zero-order valence-corrected chi connectivity index (χ0v) is 11.0. The van der Waals surface area contributed by atoms with Crippen LogP contribution in [0.1, 0.15) is 23.3 Å². The Kier molecular flexibility index (Phi) is 5.40. The lowest BCUT2D eigenvalue weighted by Gasteiger charge is -2.13. The van der Waals surface area contributed by atoms with Gasteiger partial charge in [0, 0.05) is 12.5 Å². The summed E-state index contributed by atoms with van der Waals surface area (Å²) in [5.74, 6) is -2.94. The topological polar surface area (TPSA) is 158 Å². The minimum absolute atomic E-state index is 0.193. The van der Waals surface area contributed by atoms with Crippen LogP contribution in [0.15, 0.2) is 15.7 Å². The second-order valence-corrected chi connectivity index (χ2v) is 3.98. The first-order chi connectivity index (χ1) is 9.83. The van der Waals surface area contributed by atoms with Crippen molar-refractivity contribution in [1.29, 1.82) is 0 Å². The number of carbonyl (C=O) groups is 3. The highest BCUT2D eigenvalue weighted by Crippen LogP contribution is 2.01. The van der Waals surface area contributed by atoms with Crippen molar-refractivity contribution in [3.05, 3.63) is 32.6 Å². The molecule has 0 aliphatic rings. The second kappa shape index (κ2) is 7.03. The summed E-state index contributed by atoms with van der Waals surface area (Å²) < 4.78 is 4.36. The van der Waals surface area contributed by atoms with Gasteiger partial charge in [-0.25, -0.2) is 9.59 Å². The lowest BCUT2D eigenvalue weighted by Crippen LogP contribution is -2.42. The SMILES string of the molecule is COC(=O)CC[C@@H](NC(=O)c1cc(=O)[nH]c(=O)[nH]1)C(=O)O. The summed E-state index contributed by atoms with van der Waals surface area (Å²) in [6, 6.07) is -0.546. The lowest BCUT2D eigenvalue weighted by atomic mass is 10.1. The van der Waals surface area contributed by atoms with Crippen LogP contribution in [0.2, 0.25) is 0 Å². The Morgan fingerprint density at radius 3 is 2.52 bits per heavy atom. The van der Waals surface area contributed by atoms with Crippen LogP contribution >= 0.6 is 0 Å². The molecule has 0 bridgehead atoms. The Hall–Kier alpha value is -2.91. The van der Waals surface area contributed by atoms with Crippen molar-refractivity contribution < 1.29 is 24.2 Å². The molecular weight excluding hydrogens is 286 g/mol. The fourth-order valence-electron chi connectivity index (χ4n) is 1.45. The molecule has 1 aromatic rings. The van der Waals surface area contributed by atoms with E-state index >= 15 is 0 Å². The molecular formula is C11H13N3O7. The van der Waals surface area contributed by atoms with Crippen molar-refractivity contribution in [2.75, 3.05) is 7.11 Å². The molecule has 1 amide bonds. The van der Waals surface area contributed by atoms with Gasteiger partial charge >= 0.3 is 17.6 Å². The van der Waals surface area contributed by atoms with E-state index in [2.05, 4.69) is 15.0 Å². The Morgan fingerprint density at radius 1 is 1.33 bits per heavy atom. The number of H-pyrrole nitrogens is 2. The Balaban J connectivity index is 2.81. The molecule has 21 heavy (non-hydrogen) atoms. The zero-order chi connectivity index (χ0) is 16.0. The van der Waals surface area contributed by atoms with Gasteiger partial charge in [0.1, 0.15) is 11.7 Å². The van der Waals surface area contributed by atoms with Gasteiger partial charge in [-0.1, -0.05) is 0 Å². The minimum atomic E-state index is -1.36. The lowest BCUT2D eigenvalue weighted by molar-refractivity contribution is -0.142. The van der Waals surface area contributed by atoms with Crippen LogP contribution in [0.4, 0.5) is 0 Å². The van der Waals surface area contributed by atoms with Crippen LogP contribution in [0, 0.1) is 0 Å². The molecule has 1 heterocycles. The van der Waals surface area contributed by atoms with E-state index in [0.717, 1.165) is 13.2 Å². The Labute approximate surface area is 117 Å². The first-order valence-electron chi connectivity index (χ1n) is 5.77. The normalized spacial score (nSPS) is 11.5. The Bertz CT molecular complexity index is 632. The van der Waals surface area contributed by atoms with E-state index < -0.39 is 35.1 Å². The van der Waals surface area contributed by atoms with Crippen LogP contribution in [-0.4, -0.2) is 46.1 Å². The van der Waals surface area contributed by atoms with Crippen molar-refractivity contribution in [3.63, 3.8) is 0 Å². The highest BCUT2D eigenvalue weighted by atomic mass is 16.5. The molecule has 0 aliphatic heterocycles. The van der Waals surface area contributed by atoms with Gasteiger partial charge in [0.25, 0.3) is 11.5 Å². The predicted octanol–water partition coefficient (Wildman–Crippen LogP) is -1.80. The average Bonchev–Trinajstić information content (AvgIpc) is 2.41. The number of carboxylic acids is 1. The van der Waals surface area contributed by atoms with E-state index in [0.29, 0.717) is 0 Å². The number of aromatic amines is 2. The number of carbonyl (C=O) groups excluding carboxylic acids is 2. The third-order valence-corrected chi connectivity index (χ3v) is 2.47. The van der Waals surface area contributed by atoms with Crippen molar-refractivity contribution in [2.45, 2.75) is 18.9 Å². The van der Waals surface area contributed by atoms with Gasteiger partial charge in [0.15, 0.2) is 0 Å². The van der Waals surface area contributed by atoms with Crippen LogP contribution < -0.4 is 16.6 Å². The van der Waals surface area contributed by atoms with E-state index in [1.54, 1.807) is 0 Å². The molecule has 10 heteroatoms. The van der Waals surface area contributed by atoms with Gasteiger partial charge < -0.3 is 20.1 Å². The van der Waals surface area contributed by atoms with Crippen LogP contribution in [-0.2, 0) is 14.3 Å². The molecule has 0 radical (unpaired) electrons. The number of methoxy groups -OCH3 is 1. The molecule has 0 aliphatic carbocycles. The number of aromatic nitrogens is 2. The summed E-state index contributed by atoms with van der Waals surface area (Å²) in [7, 11) is 1.15. The highest BCUT2D eigenvalue weighted by molar-refractivity contribution is 5.94. The maximum atomic E-state index is 11.8. The van der Waals surface area contributed by atoms with E-state index in [1.165, 1.54) is 0 Å². The number of carboxylic acid groups (broad SMARTS) is 1. The molecule has 0 fully saturated rings. The molecule has 0 spiro atoms. The summed E-state index contributed by atoms with van der Waals surface area (Å²) in [6.07, 6.45) is -0.402. The summed E-state index contributed by atoms with van der Waals surface area (Å²) >= 11 is 0. The summed E-state index contributed by atoms with van der Waals surface area (Å²) in [6.45, 7) is 0. The monoisotopic (exact) mass is 299 g/mol. The van der Waals surface area contributed by atoms with Gasteiger partial charge in [-0.05, 0) is 6.42 Å². The largest absolute Gasteiger partial charge is 0.480 e. The molecule has 0 aromatic carbocycles. The summed E-state index contributed by atoms with van der Waals surface area (Å²) in [5.41, 5.74) is -2.08. The number of hydrogen-bond acceptors (Lipinski definition) is 6. The van der Waals surface area contributed by atoms with Crippen LogP contribution in [0.3, 0.4) is 0 Å². The maximum Gasteiger partial charge on any atom is 0.326 e. The van der Waals surface area contributed by atoms with Crippen molar-refractivity contribution >= 4 is 17.8 Å². The maximum absolute atomic E-state index is 11.8. The van der Waals surface area contributed by atoms with E-state index in [-0.39, 0.29) is 18.5 Å². The molecule has 0 saturated carbocycles. The smallest absolute Gasteiger partial charge is 0.326 e. The van der Waals surface area contributed by atoms with Gasteiger partial charge in [-0.3, -0.25) is 19.4 Å². The van der Waals surface area contributed by atoms with Crippen molar-refractivity contribution in [2.24, 2.45) is 0 Å². The summed E-state index contributed by atoms with van der Waals surface area (Å²) in [4.78, 5) is 59.7. The van der Waals surface area contributed by atoms with E-state index in [4.69, 9.17) is 5.11 Å². The van der Waals surface area contributed by atoms with E-state index in [9.17, 15) is 24.0 Å². The molecule has 0 saturated heterocycles. The van der Waals surface area contributed by atoms with Gasteiger partial charge in [0.2, 0.25) is 0 Å². The van der Waals surface area contributed by atoms with E-state index in [1.807, 2.05) is 4.98 Å². The zero-order valence-electron chi connectivity index (χ0n) is 11.0. The fraction of sp³-hybridized carbons (Fsp3) is 0.364. The molecule has 114 valence electrons. The molecule has 1 rings (SSSR count). The average molecular weight is 299 g/mol. The molecule has 1 atom stereocenters. The first-order valence-corrected chi connectivity index (χ1v) is 5.77. The standard InChI is InChI=1S/C11H13N3O7/c1-21-8(16)3-2-5(10(18)19)12-9(17)6-4-7(15)14-11(20)13-6/h4-5H,2-3H2,1H3,(H,12,17)(H,18,19)(H2,13,14,15,20)/t5-/m1/s1. The van der Waals surface area contributed by atoms with Crippen molar-refractivity contribution in [3.8, 4) is 0 Å². The number of rotatable bonds is 6. The number of ether oxygens (including phenoxy) is 1. The third kappa shape index (κ3) is 4.93. The number of nitrogens with one attached hydrogen (secondary N) is 3. The number of aliphatic carboxylic acids is 1.